The molecule has 0 N–H and O–H groups in total. The minimum absolute atomic E-state index is 0.200. The van der Waals surface area contributed by atoms with Crippen LogP contribution in [-0.2, 0) is 9.53 Å². The summed E-state index contributed by atoms with van der Waals surface area (Å²) in [6.45, 7) is 0. The minimum Gasteiger partial charge on any atom is -0.465 e. The summed E-state index contributed by atoms with van der Waals surface area (Å²) in [7, 11) is 4.60. The summed E-state index contributed by atoms with van der Waals surface area (Å²) in [4.78, 5) is 23.7. The van der Waals surface area contributed by atoms with Gasteiger partial charge in [0.2, 0.25) is 5.88 Å². The third kappa shape index (κ3) is 2.77. The average molecular weight is 248 g/mol. The molecule has 0 radical (unpaired) electrons. The number of anilines is 1. The SMILES string of the molecule is COC(=O)/C(C#N)=C/c1cc(C=O)c(N(C)C)o1. The summed E-state index contributed by atoms with van der Waals surface area (Å²) < 4.78 is 9.79. The van der Waals surface area contributed by atoms with Gasteiger partial charge >= 0.3 is 5.97 Å². The Morgan fingerprint density at radius 2 is 2.22 bits per heavy atom. The lowest BCUT2D eigenvalue weighted by Gasteiger charge is -2.07. The molecule has 0 saturated heterocycles. The maximum Gasteiger partial charge on any atom is 0.348 e. The Kier molecular flexibility index (Phi) is 4.27. The molecule has 0 aromatic carbocycles. The van der Waals surface area contributed by atoms with Crippen molar-refractivity contribution in [3.63, 3.8) is 0 Å². The lowest BCUT2D eigenvalue weighted by atomic mass is 10.2. The monoisotopic (exact) mass is 248 g/mol. The predicted octanol–water partition coefficient (Wildman–Crippen LogP) is 1.24. The Labute approximate surface area is 104 Å². The molecule has 0 amide bonds. The molecule has 6 heteroatoms. The highest BCUT2D eigenvalue weighted by molar-refractivity contribution is 5.97. The van der Waals surface area contributed by atoms with Gasteiger partial charge in [0.15, 0.2) is 6.29 Å². The van der Waals surface area contributed by atoms with Crippen LogP contribution < -0.4 is 4.90 Å². The summed E-state index contributed by atoms with van der Waals surface area (Å²) in [5, 5.41) is 8.79. The normalized spacial score (nSPS) is 10.7. The van der Waals surface area contributed by atoms with Crippen LogP contribution in [0.5, 0.6) is 0 Å². The highest BCUT2D eigenvalue weighted by Gasteiger charge is 2.14. The molecular weight excluding hydrogens is 236 g/mol. The summed E-state index contributed by atoms with van der Waals surface area (Å²) in [5.74, 6) is -0.158. The number of furan rings is 1. The van der Waals surface area contributed by atoms with Crippen molar-refractivity contribution in [2.24, 2.45) is 0 Å². The van der Waals surface area contributed by atoms with Crippen LogP contribution >= 0.6 is 0 Å². The molecule has 1 aromatic rings. The standard InChI is InChI=1S/C12H12N2O4/c1-14(2)11-9(7-15)5-10(18-11)4-8(6-13)12(16)17-3/h4-5,7H,1-3H3/b8-4+. The van der Waals surface area contributed by atoms with E-state index in [9.17, 15) is 9.59 Å². The van der Waals surface area contributed by atoms with Crippen LogP contribution in [0.15, 0.2) is 16.1 Å². The van der Waals surface area contributed by atoms with E-state index in [1.807, 2.05) is 0 Å². The molecule has 94 valence electrons. The first kappa shape index (κ1) is 13.5. The van der Waals surface area contributed by atoms with Crippen molar-refractivity contribution in [2.45, 2.75) is 0 Å². The molecule has 6 nitrogen and oxygen atoms in total. The zero-order valence-corrected chi connectivity index (χ0v) is 10.3. The van der Waals surface area contributed by atoms with Crippen molar-refractivity contribution >= 4 is 24.2 Å². The summed E-state index contributed by atoms with van der Waals surface area (Å²) in [6, 6.07) is 3.15. The van der Waals surface area contributed by atoms with Crippen LogP contribution in [-0.4, -0.2) is 33.5 Å². The molecule has 0 aliphatic heterocycles. The quantitative estimate of drug-likeness (QED) is 0.345. The third-order valence-electron chi connectivity index (χ3n) is 2.10. The van der Waals surface area contributed by atoms with Gasteiger partial charge in [-0.25, -0.2) is 4.79 Å². The maximum atomic E-state index is 11.2. The average Bonchev–Trinajstić information content (AvgIpc) is 2.78. The van der Waals surface area contributed by atoms with E-state index < -0.39 is 5.97 Å². The van der Waals surface area contributed by atoms with E-state index in [0.29, 0.717) is 17.7 Å². The molecule has 0 aliphatic rings. The molecule has 0 bridgehead atoms. The van der Waals surface area contributed by atoms with Gasteiger partial charge in [-0.1, -0.05) is 0 Å². The van der Waals surface area contributed by atoms with Gasteiger partial charge in [-0.3, -0.25) is 4.79 Å². The van der Waals surface area contributed by atoms with Crippen LogP contribution in [0.2, 0.25) is 0 Å². The first-order chi connectivity index (χ1) is 8.53. The fourth-order valence-corrected chi connectivity index (χ4v) is 1.31. The molecule has 0 unspecified atom stereocenters. The lowest BCUT2D eigenvalue weighted by Crippen LogP contribution is -2.09. The lowest BCUT2D eigenvalue weighted by molar-refractivity contribution is -0.135. The molecule has 0 spiro atoms. The second-order valence-corrected chi connectivity index (χ2v) is 3.58. The smallest absolute Gasteiger partial charge is 0.348 e. The predicted molar refractivity (Wildman–Crippen MR) is 64.0 cm³/mol. The highest BCUT2D eigenvalue weighted by atomic mass is 16.5. The first-order valence-electron chi connectivity index (χ1n) is 5.00. The van der Waals surface area contributed by atoms with E-state index in [-0.39, 0.29) is 11.3 Å². The fourth-order valence-electron chi connectivity index (χ4n) is 1.31. The van der Waals surface area contributed by atoms with Gasteiger partial charge < -0.3 is 14.1 Å². The molecular formula is C12H12N2O4. The number of nitrogens with zero attached hydrogens (tertiary/aromatic N) is 2. The first-order valence-corrected chi connectivity index (χ1v) is 5.00. The minimum atomic E-state index is -0.757. The van der Waals surface area contributed by atoms with Crippen LogP contribution in [0.25, 0.3) is 6.08 Å². The van der Waals surface area contributed by atoms with E-state index in [1.54, 1.807) is 25.1 Å². The van der Waals surface area contributed by atoms with Gasteiger partial charge in [-0.15, -0.1) is 0 Å². The van der Waals surface area contributed by atoms with Crippen LogP contribution in [0, 0.1) is 11.3 Å². The number of nitriles is 1. The number of hydrogen-bond acceptors (Lipinski definition) is 6. The van der Waals surface area contributed by atoms with Crippen LogP contribution in [0.1, 0.15) is 16.1 Å². The zero-order chi connectivity index (χ0) is 13.7. The Morgan fingerprint density at radius 3 is 2.61 bits per heavy atom. The van der Waals surface area contributed by atoms with E-state index in [2.05, 4.69) is 4.74 Å². The number of aldehydes is 1. The Balaban J connectivity index is 3.19. The fraction of sp³-hybridized carbons (Fsp3) is 0.250. The van der Waals surface area contributed by atoms with Crippen molar-refractivity contribution in [1.82, 2.24) is 0 Å². The molecule has 1 heterocycles. The van der Waals surface area contributed by atoms with Gasteiger partial charge in [-0.2, -0.15) is 5.26 Å². The van der Waals surface area contributed by atoms with E-state index in [4.69, 9.17) is 9.68 Å². The van der Waals surface area contributed by atoms with E-state index in [1.165, 1.54) is 19.3 Å². The molecule has 0 atom stereocenters. The molecule has 0 aliphatic carbocycles. The van der Waals surface area contributed by atoms with Gasteiger partial charge in [-0.05, 0) is 6.07 Å². The van der Waals surface area contributed by atoms with Crippen LogP contribution in [0.4, 0.5) is 5.88 Å². The number of carbonyl (C=O) groups excluding carboxylic acids is 2. The summed E-state index contributed by atoms with van der Waals surface area (Å²) in [5.41, 5.74) is 0.141. The Morgan fingerprint density at radius 1 is 1.56 bits per heavy atom. The van der Waals surface area contributed by atoms with Gasteiger partial charge in [0.05, 0.1) is 12.7 Å². The topological polar surface area (TPSA) is 83.5 Å². The second-order valence-electron chi connectivity index (χ2n) is 3.58. The number of esters is 1. The van der Waals surface area contributed by atoms with Gasteiger partial charge in [0.25, 0.3) is 0 Å². The summed E-state index contributed by atoms with van der Waals surface area (Å²) >= 11 is 0. The van der Waals surface area contributed by atoms with Crippen molar-refractivity contribution in [1.29, 1.82) is 5.26 Å². The van der Waals surface area contributed by atoms with Crippen LogP contribution in [0.3, 0.4) is 0 Å². The van der Waals surface area contributed by atoms with E-state index >= 15 is 0 Å². The molecule has 0 fully saturated rings. The van der Waals surface area contributed by atoms with Crippen molar-refractivity contribution < 1.29 is 18.7 Å². The van der Waals surface area contributed by atoms with E-state index in [0.717, 1.165) is 0 Å². The molecule has 18 heavy (non-hydrogen) atoms. The number of carbonyl (C=O) groups is 2. The number of rotatable bonds is 4. The van der Waals surface area contributed by atoms with Crippen molar-refractivity contribution in [3.05, 3.63) is 23.0 Å². The highest BCUT2D eigenvalue weighted by Crippen LogP contribution is 2.23. The number of methoxy groups -OCH3 is 1. The van der Waals surface area contributed by atoms with Gasteiger partial charge in [0, 0.05) is 20.2 Å². The van der Waals surface area contributed by atoms with Crippen molar-refractivity contribution in [2.75, 3.05) is 26.1 Å². The maximum absolute atomic E-state index is 11.2. The third-order valence-corrected chi connectivity index (χ3v) is 2.10. The molecule has 0 saturated carbocycles. The largest absolute Gasteiger partial charge is 0.465 e. The Bertz CT molecular complexity index is 535. The van der Waals surface area contributed by atoms with Gasteiger partial charge in [0.1, 0.15) is 17.4 Å². The summed E-state index contributed by atoms with van der Waals surface area (Å²) in [6.07, 6.45) is 1.87. The Hall–Kier alpha value is -2.55. The molecule has 1 aromatic heterocycles. The zero-order valence-electron chi connectivity index (χ0n) is 10.3. The second kappa shape index (κ2) is 5.68. The van der Waals surface area contributed by atoms with Crippen molar-refractivity contribution in [3.8, 4) is 6.07 Å². The molecule has 1 rings (SSSR count). The number of hydrogen-bond donors (Lipinski definition) is 0. The number of ether oxygens (including phenoxy) is 1.